The molecule has 3 rings (SSSR count). The van der Waals surface area contributed by atoms with E-state index in [2.05, 4.69) is 14.1 Å². The first kappa shape index (κ1) is 18.7. The van der Waals surface area contributed by atoms with Gasteiger partial charge >= 0.3 is 5.97 Å². The summed E-state index contributed by atoms with van der Waals surface area (Å²) in [5.74, 6) is -2.18. The summed E-state index contributed by atoms with van der Waals surface area (Å²) in [5.41, 5.74) is 0.834. The molecule has 2 aromatic rings. The Labute approximate surface area is 154 Å². The third-order valence-electron chi connectivity index (χ3n) is 4.35. The molecule has 0 unspecified atom stereocenters. The summed E-state index contributed by atoms with van der Waals surface area (Å²) in [7, 11) is -3.83. The lowest BCUT2D eigenvalue weighted by molar-refractivity contribution is -0.142. The highest BCUT2D eigenvalue weighted by Gasteiger charge is 2.35. The van der Waals surface area contributed by atoms with E-state index in [0.29, 0.717) is 30.4 Å². The fraction of sp³-hybridized carbons (Fsp3) is 0.467. The molecule has 2 N–H and O–H groups in total. The number of benzene rings is 1. The van der Waals surface area contributed by atoms with Crippen molar-refractivity contribution in [2.24, 2.45) is 5.92 Å². The van der Waals surface area contributed by atoms with Crippen molar-refractivity contribution in [2.45, 2.75) is 30.7 Å². The summed E-state index contributed by atoms with van der Waals surface area (Å²) in [4.78, 5) is 23.2. The van der Waals surface area contributed by atoms with Crippen molar-refractivity contribution >= 4 is 44.7 Å². The molecule has 1 aliphatic heterocycles. The van der Waals surface area contributed by atoms with Crippen LogP contribution in [0.4, 0.5) is 0 Å². The Hall–Kier alpha value is -2.11. The monoisotopic (exact) mass is 398 g/mol. The quantitative estimate of drug-likeness (QED) is 0.757. The van der Waals surface area contributed by atoms with E-state index < -0.39 is 33.9 Å². The molecular weight excluding hydrogens is 380 g/mol. The van der Waals surface area contributed by atoms with Crippen LogP contribution >= 0.6 is 11.7 Å². The molecule has 26 heavy (non-hydrogen) atoms. The number of hydrogen-bond donors (Lipinski definition) is 2. The van der Waals surface area contributed by atoms with Crippen LogP contribution in [-0.4, -0.2) is 57.6 Å². The highest BCUT2D eigenvalue weighted by atomic mass is 32.2. The summed E-state index contributed by atoms with van der Waals surface area (Å²) < 4.78 is 35.5. The Morgan fingerprint density at radius 2 is 2.15 bits per heavy atom. The number of sulfonamides is 1. The lowest BCUT2D eigenvalue weighted by Crippen LogP contribution is -2.48. The van der Waals surface area contributed by atoms with E-state index >= 15 is 0 Å². The van der Waals surface area contributed by atoms with Crippen molar-refractivity contribution in [3.63, 3.8) is 0 Å². The Balaban J connectivity index is 1.81. The Morgan fingerprint density at radius 1 is 1.38 bits per heavy atom. The lowest BCUT2D eigenvalue weighted by Gasteiger charge is -2.31. The first-order valence-electron chi connectivity index (χ1n) is 8.05. The smallest absolute Gasteiger partial charge is 0.325 e. The molecule has 0 bridgehead atoms. The Kier molecular flexibility index (Phi) is 5.21. The number of fused-ring (bicyclic) bond motifs is 1. The van der Waals surface area contributed by atoms with Crippen LogP contribution in [0, 0.1) is 5.92 Å². The number of rotatable bonds is 5. The van der Waals surface area contributed by atoms with Crippen LogP contribution in [0.1, 0.15) is 19.8 Å². The maximum Gasteiger partial charge on any atom is 0.325 e. The van der Waals surface area contributed by atoms with Gasteiger partial charge in [0.1, 0.15) is 22.0 Å². The zero-order valence-corrected chi connectivity index (χ0v) is 15.6. The second kappa shape index (κ2) is 7.25. The van der Waals surface area contributed by atoms with Crippen LogP contribution in [0.3, 0.4) is 0 Å². The molecule has 9 nitrogen and oxygen atoms in total. The van der Waals surface area contributed by atoms with Crippen molar-refractivity contribution in [1.29, 1.82) is 0 Å². The van der Waals surface area contributed by atoms with E-state index in [1.807, 2.05) is 0 Å². The van der Waals surface area contributed by atoms with E-state index in [1.54, 1.807) is 12.1 Å². The molecule has 0 spiro atoms. The van der Waals surface area contributed by atoms with Crippen LogP contribution in [0.15, 0.2) is 23.1 Å². The molecule has 0 saturated carbocycles. The predicted octanol–water partition coefficient (Wildman–Crippen LogP) is 0.681. The standard InChI is InChI=1S/C15H18N4O5S2/c1-9(15(21)22)16-14(20)10-4-3-7-19(8-10)26(23,24)12-6-2-5-11-13(12)18-25-17-11/h2,5-6,9-10H,3-4,7-8H2,1H3,(H,16,20)(H,21,22)/t9-,10+/m1/s1. The van der Waals surface area contributed by atoms with Crippen molar-refractivity contribution in [2.75, 3.05) is 13.1 Å². The molecule has 1 saturated heterocycles. The minimum atomic E-state index is -3.83. The molecule has 1 aromatic heterocycles. The number of amides is 1. The largest absolute Gasteiger partial charge is 0.480 e. The van der Waals surface area contributed by atoms with E-state index in [4.69, 9.17) is 5.11 Å². The fourth-order valence-electron chi connectivity index (χ4n) is 2.90. The molecule has 11 heteroatoms. The van der Waals surface area contributed by atoms with Gasteiger partial charge in [0.2, 0.25) is 15.9 Å². The van der Waals surface area contributed by atoms with Gasteiger partial charge in [-0.3, -0.25) is 9.59 Å². The summed E-state index contributed by atoms with van der Waals surface area (Å²) in [6.45, 7) is 1.68. The maximum absolute atomic E-state index is 13.0. The number of carboxylic acid groups (broad SMARTS) is 1. The summed E-state index contributed by atoms with van der Waals surface area (Å²) in [5, 5.41) is 11.3. The number of hydrogen-bond acceptors (Lipinski definition) is 7. The normalized spacial score (nSPS) is 20.0. The average molecular weight is 398 g/mol. The van der Waals surface area contributed by atoms with Gasteiger partial charge in [0.05, 0.1) is 17.6 Å². The molecule has 1 amide bonds. The van der Waals surface area contributed by atoms with Gasteiger partial charge in [-0.2, -0.15) is 13.1 Å². The van der Waals surface area contributed by atoms with Gasteiger partial charge in [0.15, 0.2) is 0 Å². The van der Waals surface area contributed by atoms with Crippen molar-refractivity contribution in [3.05, 3.63) is 18.2 Å². The van der Waals surface area contributed by atoms with Crippen LogP contribution in [0.5, 0.6) is 0 Å². The van der Waals surface area contributed by atoms with Crippen LogP contribution in [0.2, 0.25) is 0 Å². The van der Waals surface area contributed by atoms with Gasteiger partial charge in [-0.05, 0) is 31.9 Å². The van der Waals surface area contributed by atoms with Crippen molar-refractivity contribution < 1.29 is 23.1 Å². The van der Waals surface area contributed by atoms with E-state index in [0.717, 1.165) is 11.7 Å². The number of piperidine rings is 1. The second-order valence-electron chi connectivity index (χ2n) is 6.16. The number of nitrogens with one attached hydrogen (secondary N) is 1. The minimum Gasteiger partial charge on any atom is -0.480 e. The number of carbonyl (C=O) groups is 2. The predicted molar refractivity (Wildman–Crippen MR) is 94.1 cm³/mol. The Bertz CT molecular complexity index is 942. The van der Waals surface area contributed by atoms with Crippen LogP contribution < -0.4 is 5.32 Å². The lowest BCUT2D eigenvalue weighted by atomic mass is 9.98. The summed E-state index contributed by atoms with van der Waals surface area (Å²) in [6.07, 6.45) is 1.02. The van der Waals surface area contributed by atoms with E-state index in [-0.39, 0.29) is 11.4 Å². The summed E-state index contributed by atoms with van der Waals surface area (Å²) in [6, 6.07) is 3.76. The van der Waals surface area contributed by atoms with Gasteiger partial charge in [-0.1, -0.05) is 6.07 Å². The molecule has 2 heterocycles. The topological polar surface area (TPSA) is 130 Å². The molecule has 1 aliphatic rings. The van der Waals surface area contributed by atoms with Gasteiger partial charge < -0.3 is 10.4 Å². The first-order valence-corrected chi connectivity index (χ1v) is 10.2. The molecule has 140 valence electrons. The number of aromatic nitrogens is 2. The van der Waals surface area contributed by atoms with Crippen molar-refractivity contribution in [3.8, 4) is 0 Å². The third kappa shape index (κ3) is 3.55. The second-order valence-corrected chi connectivity index (χ2v) is 8.59. The molecule has 1 aromatic carbocycles. The van der Waals surface area contributed by atoms with Gasteiger partial charge in [-0.15, -0.1) is 0 Å². The van der Waals surface area contributed by atoms with Crippen LogP contribution in [-0.2, 0) is 19.6 Å². The minimum absolute atomic E-state index is 0.00839. The zero-order chi connectivity index (χ0) is 18.9. The molecule has 0 radical (unpaired) electrons. The molecular formula is C15H18N4O5S2. The van der Waals surface area contributed by atoms with Crippen LogP contribution in [0.25, 0.3) is 11.0 Å². The molecule has 2 atom stereocenters. The highest BCUT2D eigenvalue weighted by molar-refractivity contribution is 7.89. The first-order chi connectivity index (χ1) is 12.3. The third-order valence-corrected chi connectivity index (χ3v) is 6.79. The fourth-order valence-corrected chi connectivity index (χ4v) is 5.17. The van der Waals surface area contributed by atoms with Gasteiger partial charge in [0, 0.05) is 13.1 Å². The summed E-state index contributed by atoms with van der Waals surface area (Å²) >= 11 is 0.942. The Morgan fingerprint density at radius 3 is 2.88 bits per heavy atom. The number of carboxylic acids is 1. The number of nitrogens with zero attached hydrogens (tertiary/aromatic N) is 3. The van der Waals surface area contributed by atoms with Crippen molar-refractivity contribution in [1.82, 2.24) is 18.4 Å². The zero-order valence-electron chi connectivity index (χ0n) is 14.0. The number of carbonyl (C=O) groups excluding carboxylic acids is 1. The highest BCUT2D eigenvalue weighted by Crippen LogP contribution is 2.28. The SMILES string of the molecule is C[C@@H](NC(=O)[C@H]1CCCN(S(=O)(=O)c2cccc3nsnc23)C1)C(=O)O. The van der Waals surface area contributed by atoms with Gasteiger partial charge in [0.25, 0.3) is 0 Å². The molecule has 0 aliphatic carbocycles. The van der Waals surface area contributed by atoms with Gasteiger partial charge in [-0.25, -0.2) is 8.42 Å². The average Bonchev–Trinajstić information content (AvgIpc) is 3.10. The van der Waals surface area contributed by atoms with E-state index in [1.165, 1.54) is 17.3 Å². The molecule has 1 fully saturated rings. The number of aliphatic carboxylic acids is 1. The maximum atomic E-state index is 13.0. The van der Waals surface area contributed by atoms with E-state index in [9.17, 15) is 18.0 Å².